The monoisotopic (exact) mass is 210 g/mol. The largest absolute Gasteiger partial charge is 1.00 e. The molecule has 2 radical (unpaired) electrons. The van der Waals surface area contributed by atoms with Gasteiger partial charge in [-0.2, -0.15) is 0 Å². The van der Waals surface area contributed by atoms with Gasteiger partial charge >= 0.3 is 38.8 Å². The molecule has 0 heterocycles. The van der Waals surface area contributed by atoms with E-state index < -0.39 is 36.4 Å². The molecule has 1 unspecified atom stereocenters. The first-order valence-corrected chi connectivity index (χ1v) is 3.39. The average Bonchev–Trinajstić information content (AvgIpc) is 2.02. The van der Waals surface area contributed by atoms with Gasteiger partial charge in [0.05, 0.1) is 12.8 Å². The van der Waals surface area contributed by atoms with Crippen LogP contribution in [-0.2, 0) is 19.0 Å². The fraction of sp³-hybridized carbons (Fsp3) is 0.500. The summed E-state index contributed by atoms with van der Waals surface area (Å²) in [5.74, 6) is -4.60. The summed E-state index contributed by atoms with van der Waals surface area (Å²) in [6, 6.07) is 0. The van der Waals surface area contributed by atoms with E-state index in [1.54, 1.807) is 0 Å². The number of aliphatic carboxylic acids is 2. The molecule has 0 spiro atoms. The molecule has 7 nitrogen and oxygen atoms in total. The van der Waals surface area contributed by atoms with Crippen molar-refractivity contribution in [2.45, 2.75) is 18.4 Å². The van der Waals surface area contributed by atoms with E-state index in [4.69, 9.17) is 10.2 Å². The predicted octanol–water partition coefficient (Wildman–Crippen LogP) is -4.59. The van der Waals surface area contributed by atoms with Gasteiger partial charge in [-0.05, 0) is 0 Å². The van der Waals surface area contributed by atoms with Gasteiger partial charge in [0, 0.05) is 0 Å². The Hall–Kier alpha value is -0.968. The molecule has 78 valence electrons. The third kappa shape index (κ3) is 5.47. The van der Waals surface area contributed by atoms with Gasteiger partial charge in [-0.25, -0.2) is 4.79 Å². The molecule has 0 saturated carbocycles. The van der Waals surface area contributed by atoms with E-state index in [1.165, 1.54) is 0 Å². The Morgan fingerprint density at radius 2 is 1.73 bits per heavy atom. The van der Waals surface area contributed by atoms with Gasteiger partial charge in [0.1, 0.15) is 0 Å². The molecule has 3 N–H and O–H groups in total. The van der Waals surface area contributed by atoms with Crippen molar-refractivity contribution >= 4 is 26.0 Å². The number of carbonyl (C=O) groups excluding carboxylic acids is 1. The number of aliphatic hydroxyl groups is 1. The Bertz CT molecular complexity index is 274. The van der Waals surface area contributed by atoms with Gasteiger partial charge < -0.3 is 21.4 Å². The quantitative estimate of drug-likeness (QED) is 0.390. The second kappa shape index (κ2) is 6.50. The maximum atomic E-state index is 10.5. The van der Waals surface area contributed by atoms with Crippen molar-refractivity contribution in [3.63, 3.8) is 0 Å². The predicted molar refractivity (Wildman–Crippen MR) is 42.4 cm³/mol. The Morgan fingerprint density at radius 1 is 1.27 bits per heavy atom. The van der Waals surface area contributed by atoms with Crippen LogP contribution < -0.4 is 18.9 Å². The summed E-state index contributed by atoms with van der Waals surface area (Å²) < 4.78 is 3.62. The summed E-state index contributed by atoms with van der Waals surface area (Å²) in [4.78, 5) is 31.2. The Kier molecular flexibility index (Phi) is 7.14. The molecule has 0 aliphatic carbocycles. The molecule has 1 atom stereocenters. The van der Waals surface area contributed by atoms with Gasteiger partial charge in [-0.15, -0.1) is 0 Å². The first kappa shape index (κ1) is 16.5. The summed E-state index contributed by atoms with van der Waals surface area (Å²) in [6.45, 7) is 0. The van der Waals surface area contributed by atoms with Crippen LogP contribution in [0.1, 0.15) is 14.3 Å². The second-order valence-electron chi connectivity index (χ2n) is 2.57. The Labute approximate surface area is 99.5 Å². The minimum Gasteiger partial charge on any atom is -1.00 e. The molecule has 0 aromatic heterocycles. The number of hydrogen-bond acceptors (Lipinski definition) is 5. The summed E-state index contributed by atoms with van der Waals surface area (Å²) in [6.07, 6.45) is -2.14. The maximum absolute atomic E-state index is 10.5. The van der Waals surface area contributed by atoms with Crippen LogP contribution in [0.4, 0.5) is 0 Å². The molecule has 0 aliphatic rings. The summed E-state index contributed by atoms with van der Waals surface area (Å²) >= 11 is 0. The maximum Gasteiger partial charge on any atom is 1.00 e. The molecular weight excluding hydrogens is 202 g/mol. The Morgan fingerprint density at radius 3 is 2.00 bits per heavy atom. The number of carboxylic acids is 2. The van der Waals surface area contributed by atoms with E-state index in [1.807, 2.05) is 0 Å². The van der Waals surface area contributed by atoms with Crippen LogP contribution >= 0.6 is 0 Å². The topological polar surface area (TPSA) is 121 Å². The smallest absolute Gasteiger partial charge is 1.00 e. The van der Waals surface area contributed by atoms with E-state index in [9.17, 15) is 19.5 Å². The van der Waals surface area contributed by atoms with Crippen LogP contribution in [0.5, 0.6) is 0 Å². The summed E-state index contributed by atoms with van der Waals surface area (Å²) in [5, 5.41) is 26.0. The van der Waals surface area contributed by atoms with Crippen molar-refractivity contribution in [3.8, 4) is 0 Å². The van der Waals surface area contributed by atoms with Gasteiger partial charge in [0.2, 0.25) is 0 Å². The molecule has 9 heteroatoms. The molecule has 0 aromatic carbocycles. The van der Waals surface area contributed by atoms with E-state index in [2.05, 4.69) is 12.7 Å². The van der Waals surface area contributed by atoms with Crippen molar-refractivity contribution in [2.75, 3.05) is 0 Å². The Balaban J connectivity index is -0.000000845. The van der Waals surface area contributed by atoms with Gasteiger partial charge in [-0.1, -0.05) is 0 Å². The van der Waals surface area contributed by atoms with Crippen LogP contribution in [0, 0.1) is 0 Å². The van der Waals surface area contributed by atoms with Crippen molar-refractivity contribution in [1.82, 2.24) is 0 Å². The number of rotatable bonds is 5. The zero-order chi connectivity index (χ0) is 11.4. The number of hydrogen-bond donors (Lipinski definition) is 3. The van der Waals surface area contributed by atoms with Gasteiger partial charge in [0.15, 0.2) is 5.60 Å². The molecule has 0 bridgehead atoms. The second-order valence-corrected chi connectivity index (χ2v) is 2.57. The van der Waals surface area contributed by atoms with E-state index >= 15 is 0 Å². The normalized spacial score (nSPS) is 13.1. The van der Waals surface area contributed by atoms with Crippen LogP contribution in [0.15, 0.2) is 0 Å². The SMILES string of the molecule is [B]OC(=O)CC(O)(CC(=O)O)C(=O)O.[H-].[Li+]. The zero-order valence-corrected chi connectivity index (χ0v) is 7.97. The van der Waals surface area contributed by atoms with Crippen LogP contribution in [0.25, 0.3) is 0 Å². The van der Waals surface area contributed by atoms with Crippen molar-refractivity contribution in [1.29, 1.82) is 0 Å². The van der Waals surface area contributed by atoms with E-state index in [0.717, 1.165) is 0 Å². The molecule has 0 amide bonds. The molecule has 0 rings (SSSR count). The first-order valence-electron chi connectivity index (χ1n) is 3.39. The summed E-state index contributed by atoms with van der Waals surface area (Å²) in [5.41, 5.74) is -2.69. The standard InChI is InChI=1S/C6H7BO7.Li.H/c7-14-4(10)2-6(13,5(11)12)1-3(8)9;;/h13H,1-2H2,(H,8,9)(H,11,12);;/q;+1;-1. The van der Waals surface area contributed by atoms with Crippen molar-refractivity contribution < 1.29 is 54.6 Å². The first-order chi connectivity index (χ1) is 6.31. The average molecular weight is 210 g/mol. The summed E-state index contributed by atoms with van der Waals surface area (Å²) in [7, 11) is 4.41. The number of carboxylic acid groups (broad SMARTS) is 2. The fourth-order valence-electron chi connectivity index (χ4n) is 0.744. The van der Waals surface area contributed by atoms with E-state index in [0.29, 0.717) is 0 Å². The molecule has 0 saturated heterocycles. The van der Waals surface area contributed by atoms with Crippen LogP contribution in [-0.4, -0.2) is 46.9 Å². The third-order valence-electron chi connectivity index (χ3n) is 1.41. The van der Waals surface area contributed by atoms with Crippen LogP contribution in [0.3, 0.4) is 0 Å². The molecule has 0 fully saturated rings. The minimum atomic E-state index is -2.69. The van der Waals surface area contributed by atoms with Gasteiger partial charge in [0.25, 0.3) is 5.97 Å². The third-order valence-corrected chi connectivity index (χ3v) is 1.41. The molecule has 0 aromatic rings. The molecule has 0 aliphatic heterocycles. The van der Waals surface area contributed by atoms with E-state index in [-0.39, 0.29) is 20.3 Å². The number of carbonyl (C=O) groups is 3. The minimum absolute atomic E-state index is 0. The molecular formula is C6H8BLiO7. The zero-order valence-electron chi connectivity index (χ0n) is 8.97. The fourth-order valence-corrected chi connectivity index (χ4v) is 0.744. The van der Waals surface area contributed by atoms with Gasteiger partial charge in [-0.3, -0.25) is 9.59 Å². The van der Waals surface area contributed by atoms with Crippen molar-refractivity contribution in [2.24, 2.45) is 0 Å². The van der Waals surface area contributed by atoms with Crippen LogP contribution in [0.2, 0.25) is 0 Å². The molecule has 15 heavy (non-hydrogen) atoms. The van der Waals surface area contributed by atoms with Crippen molar-refractivity contribution in [3.05, 3.63) is 0 Å².